The van der Waals surface area contributed by atoms with Crippen molar-refractivity contribution in [2.45, 2.75) is 58.5 Å². The first-order chi connectivity index (χ1) is 21.5. The van der Waals surface area contributed by atoms with Crippen LogP contribution >= 0.6 is 0 Å². The van der Waals surface area contributed by atoms with Crippen LogP contribution in [-0.2, 0) is 15.7 Å². The SMILES string of the molecule is CCC/C=C1\CCCC\C1=C(/N)c1cc(NC(=O)COCCN2CCN(c3ccc(C(F)(F)F)cc3[N+](=O)[O-])CC2)ccc1C. The van der Waals surface area contributed by atoms with Gasteiger partial charge in [-0.1, -0.05) is 25.5 Å². The average molecular weight is 630 g/mol. The van der Waals surface area contributed by atoms with E-state index in [2.05, 4.69) is 23.2 Å². The van der Waals surface area contributed by atoms with Crippen molar-refractivity contribution in [3.05, 3.63) is 80.4 Å². The average Bonchev–Trinajstić information content (AvgIpc) is 3.02. The first-order valence-electron chi connectivity index (χ1n) is 15.5. The van der Waals surface area contributed by atoms with Crippen LogP contribution in [0.2, 0.25) is 0 Å². The quantitative estimate of drug-likeness (QED) is 0.162. The van der Waals surface area contributed by atoms with Crippen molar-refractivity contribution in [3.8, 4) is 0 Å². The summed E-state index contributed by atoms with van der Waals surface area (Å²) in [6.45, 7) is 6.83. The van der Waals surface area contributed by atoms with E-state index in [-0.39, 0.29) is 18.2 Å². The van der Waals surface area contributed by atoms with Crippen LogP contribution in [0.5, 0.6) is 0 Å². The summed E-state index contributed by atoms with van der Waals surface area (Å²) < 4.78 is 44.7. The van der Waals surface area contributed by atoms with Gasteiger partial charge >= 0.3 is 6.18 Å². The number of nitrogens with zero attached hydrogens (tertiary/aromatic N) is 3. The number of benzene rings is 2. The molecule has 1 amide bonds. The summed E-state index contributed by atoms with van der Waals surface area (Å²) in [5.41, 5.74) is 11.2. The number of nitrogens with one attached hydrogen (secondary N) is 1. The molecule has 4 rings (SSSR count). The van der Waals surface area contributed by atoms with Gasteiger partial charge in [0.2, 0.25) is 5.91 Å². The molecule has 2 fully saturated rings. The van der Waals surface area contributed by atoms with E-state index < -0.39 is 22.4 Å². The van der Waals surface area contributed by atoms with Crippen LogP contribution in [-0.4, -0.2) is 61.7 Å². The van der Waals surface area contributed by atoms with Gasteiger partial charge in [0.25, 0.3) is 5.69 Å². The maximum Gasteiger partial charge on any atom is 0.416 e. The van der Waals surface area contributed by atoms with Gasteiger partial charge in [-0.05, 0) is 80.0 Å². The number of carbonyl (C=O) groups excluding carboxylic acids is 1. The van der Waals surface area contributed by atoms with Crippen molar-refractivity contribution in [1.29, 1.82) is 0 Å². The highest BCUT2D eigenvalue weighted by Crippen LogP contribution is 2.37. The van der Waals surface area contributed by atoms with Gasteiger partial charge in [0, 0.05) is 55.7 Å². The molecule has 2 aromatic rings. The second-order valence-electron chi connectivity index (χ2n) is 11.5. The van der Waals surface area contributed by atoms with Gasteiger partial charge in [-0.2, -0.15) is 13.2 Å². The molecule has 9 nitrogen and oxygen atoms in total. The topological polar surface area (TPSA) is 114 Å². The minimum Gasteiger partial charge on any atom is -0.398 e. The van der Waals surface area contributed by atoms with E-state index in [1.807, 2.05) is 25.1 Å². The lowest BCUT2D eigenvalue weighted by Gasteiger charge is -2.35. The van der Waals surface area contributed by atoms with Crippen molar-refractivity contribution in [3.63, 3.8) is 0 Å². The molecule has 244 valence electrons. The number of alkyl halides is 3. The summed E-state index contributed by atoms with van der Waals surface area (Å²) in [5.74, 6) is -0.281. The molecule has 0 atom stereocenters. The minimum atomic E-state index is -4.65. The van der Waals surface area contributed by atoms with Crippen molar-refractivity contribution < 1.29 is 27.6 Å². The minimum absolute atomic E-state index is 0.124. The van der Waals surface area contributed by atoms with Crippen LogP contribution in [0.4, 0.5) is 30.2 Å². The summed E-state index contributed by atoms with van der Waals surface area (Å²) >= 11 is 0. The second-order valence-corrected chi connectivity index (χ2v) is 11.5. The standard InChI is InChI=1S/C33H42F3N5O4/c1-3-4-7-24-8-5-6-9-27(24)32(37)28-21-26(12-10-23(28)2)38-31(42)22-45-19-18-39-14-16-40(17-15-39)29-13-11-25(33(34,35)36)20-30(29)41(43)44/h7,10-13,20-21H,3-6,8-9,14-19,22,37H2,1-2H3,(H,38,42)/b24-7+,32-27+. The van der Waals surface area contributed by atoms with E-state index in [1.165, 1.54) is 23.6 Å². The number of piperazine rings is 1. The number of nitro groups is 1. The number of unbranched alkanes of at least 4 members (excludes halogenated alkanes) is 1. The van der Waals surface area contributed by atoms with Gasteiger partial charge in [0.05, 0.1) is 17.1 Å². The van der Waals surface area contributed by atoms with Gasteiger partial charge in [-0.25, -0.2) is 0 Å². The van der Waals surface area contributed by atoms with Crippen LogP contribution in [0.1, 0.15) is 62.1 Å². The molecule has 1 saturated carbocycles. The monoisotopic (exact) mass is 629 g/mol. The van der Waals surface area contributed by atoms with E-state index in [9.17, 15) is 28.1 Å². The third kappa shape index (κ3) is 9.07. The zero-order valence-electron chi connectivity index (χ0n) is 25.9. The number of rotatable bonds is 11. The normalized spacial score (nSPS) is 18.2. The summed E-state index contributed by atoms with van der Waals surface area (Å²) in [4.78, 5) is 27.1. The van der Waals surface area contributed by atoms with Crippen LogP contribution in [0.25, 0.3) is 5.70 Å². The molecule has 0 aromatic heterocycles. The number of amides is 1. The highest BCUT2D eigenvalue weighted by molar-refractivity contribution is 5.92. The lowest BCUT2D eigenvalue weighted by atomic mass is 9.85. The summed E-state index contributed by atoms with van der Waals surface area (Å²) in [5, 5.41) is 14.4. The molecule has 1 heterocycles. The Morgan fingerprint density at radius 2 is 1.84 bits per heavy atom. The van der Waals surface area contributed by atoms with E-state index in [0.29, 0.717) is 51.1 Å². The largest absolute Gasteiger partial charge is 0.416 e. The molecule has 1 saturated heterocycles. The fourth-order valence-electron chi connectivity index (χ4n) is 5.81. The molecule has 2 aliphatic rings. The van der Waals surface area contributed by atoms with Crippen LogP contribution in [0.15, 0.2) is 53.6 Å². The molecule has 1 aliphatic heterocycles. The first kappa shape index (κ1) is 34.0. The lowest BCUT2D eigenvalue weighted by molar-refractivity contribution is -0.384. The predicted molar refractivity (Wildman–Crippen MR) is 170 cm³/mol. The number of allylic oxidation sites excluding steroid dienone is 3. The lowest BCUT2D eigenvalue weighted by Crippen LogP contribution is -2.47. The highest BCUT2D eigenvalue weighted by atomic mass is 19.4. The molecular weight excluding hydrogens is 587 g/mol. The van der Waals surface area contributed by atoms with Crippen LogP contribution in [0, 0.1) is 17.0 Å². The molecular formula is C33H42F3N5O4. The molecule has 2 aromatic carbocycles. The maximum absolute atomic E-state index is 13.0. The Bertz CT molecular complexity index is 1430. The number of aryl methyl sites for hydroxylation is 1. The van der Waals surface area contributed by atoms with E-state index >= 15 is 0 Å². The third-order valence-electron chi connectivity index (χ3n) is 8.32. The van der Waals surface area contributed by atoms with Crippen molar-refractivity contribution in [2.75, 3.05) is 56.2 Å². The molecule has 0 unspecified atom stereocenters. The van der Waals surface area contributed by atoms with Crippen molar-refractivity contribution >= 4 is 28.7 Å². The Morgan fingerprint density at radius 1 is 1.11 bits per heavy atom. The van der Waals surface area contributed by atoms with Crippen LogP contribution < -0.4 is 16.0 Å². The molecule has 0 bridgehead atoms. The Labute approximate surface area is 262 Å². The maximum atomic E-state index is 13.0. The number of carbonyl (C=O) groups is 1. The first-order valence-corrected chi connectivity index (χ1v) is 15.5. The molecule has 1 aliphatic carbocycles. The Balaban J connectivity index is 1.26. The highest BCUT2D eigenvalue weighted by Gasteiger charge is 2.34. The summed E-state index contributed by atoms with van der Waals surface area (Å²) in [6, 6.07) is 8.35. The Kier molecular flexibility index (Phi) is 11.6. The number of halogens is 3. The number of anilines is 2. The van der Waals surface area contributed by atoms with Crippen molar-refractivity contribution in [1.82, 2.24) is 4.90 Å². The van der Waals surface area contributed by atoms with E-state index in [0.717, 1.165) is 55.0 Å². The summed E-state index contributed by atoms with van der Waals surface area (Å²) in [6.07, 6.45) is 4.06. The fourth-order valence-corrected chi connectivity index (χ4v) is 5.81. The Hall–Kier alpha value is -3.90. The number of hydrogen-bond donors (Lipinski definition) is 2. The van der Waals surface area contributed by atoms with Gasteiger partial charge in [-0.15, -0.1) is 0 Å². The van der Waals surface area contributed by atoms with E-state index in [4.69, 9.17) is 10.5 Å². The zero-order valence-corrected chi connectivity index (χ0v) is 25.9. The molecule has 45 heavy (non-hydrogen) atoms. The number of nitrogens with two attached hydrogens (primary N) is 1. The smallest absolute Gasteiger partial charge is 0.398 e. The number of hydrogen-bond acceptors (Lipinski definition) is 7. The van der Waals surface area contributed by atoms with Crippen molar-refractivity contribution in [2.24, 2.45) is 5.73 Å². The van der Waals surface area contributed by atoms with Gasteiger partial charge in [0.15, 0.2) is 0 Å². The second kappa shape index (κ2) is 15.4. The zero-order chi connectivity index (χ0) is 32.6. The van der Waals surface area contributed by atoms with Gasteiger partial charge < -0.3 is 20.7 Å². The number of ether oxygens (including phenoxy) is 1. The molecule has 0 radical (unpaired) electrons. The van der Waals surface area contributed by atoms with E-state index in [1.54, 1.807) is 4.90 Å². The third-order valence-corrected chi connectivity index (χ3v) is 8.32. The number of nitro benzene ring substituents is 1. The molecule has 12 heteroatoms. The van der Waals surface area contributed by atoms with Crippen LogP contribution in [0.3, 0.4) is 0 Å². The van der Waals surface area contributed by atoms with Gasteiger partial charge in [0.1, 0.15) is 12.3 Å². The molecule has 0 spiro atoms. The Morgan fingerprint density at radius 3 is 2.53 bits per heavy atom. The fraction of sp³-hybridized carbons (Fsp3) is 0.485. The summed E-state index contributed by atoms with van der Waals surface area (Å²) in [7, 11) is 0. The van der Waals surface area contributed by atoms with Gasteiger partial charge in [-0.3, -0.25) is 19.8 Å². The predicted octanol–water partition coefficient (Wildman–Crippen LogP) is 6.67. The molecule has 3 N–H and O–H groups in total.